The van der Waals surface area contributed by atoms with Crippen molar-refractivity contribution >= 4 is 33.4 Å². The quantitative estimate of drug-likeness (QED) is 0.637. The van der Waals surface area contributed by atoms with Crippen LogP contribution in [-0.2, 0) is 16.0 Å². The van der Waals surface area contributed by atoms with Gasteiger partial charge in [-0.3, -0.25) is 9.59 Å². The van der Waals surface area contributed by atoms with Gasteiger partial charge >= 0.3 is 5.97 Å². The van der Waals surface area contributed by atoms with Crippen LogP contribution in [0.15, 0.2) is 48.5 Å². The lowest BCUT2D eigenvalue weighted by atomic mass is 10.1. The molecular formula is C19H18N2O3S. The molecule has 0 atom stereocenters. The number of nitrogens with one attached hydrogen (secondary N) is 1. The van der Waals surface area contributed by atoms with Crippen LogP contribution >= 0.6 is 11.3 Å². The first-order valence-electron chi connectivity index (χ1n) is 8.05. The zero-order valence-corrected chi connectivity index (χ0v) is 14.4. The lowest BCUT2D eigenvalue weighted by Crippen LogP contribution is -2.26. The molecule has 2 aromatic carbocycles. The van der Waals surface area contributed by atoms with E-state index < -0.39 is 5.97 Å². The maximum atomic E-state index is 11.9. The lowest BCUT2D eigenvalue weighted by molar-refractivity contribution is -0.137. The number of rotatable bonds is 7. The number of benzene rings is 2. The van der Waals surface area contributed by atoms with Gasteiger partial charge in [-0.25, -0.2) is 4.98 Å². The van der Waals surface area contributed by atoms with Crippen LogP contribution in [0.25, 0.3) is 21.3 Å². The van der Waals surface area contributed by atoms with Gasteiger partial charge in [-0.2, -0.15) is 0 Å². The predicted molar refractivity (Wildman–Crippen MR) is 98.6 cm³/mol. The van der Waals surface area contributed by atoms with E-state index in [1.54, 1.807) is 0 Å². The Morgan fingerprint density at radius 3 is 2.64 bits per heavy atom. The first-order valence-corrected chi connectivity index (χ1v) is 8.87. The van der Waals surface area contributed by atoms with Crippen LogP contribution in [0.1, 0.15) is 17.8 Å². The zero-order valence-electron chi connectivity index (χ0n) is 13.6. The summed E-state index contributed by atoms with van der Waals surface area (Å²) in [5.41, 5.74) is 3.16. The Balaban J connectivity index is 1.65. The topological polar surface area (TPSA) is 79.3 Å². The molecule has 25 heavy (non-hydrogen) atoms. The summed E-state index contributed by atoms with van der Waals surface area (Å²) in [5, 5.41) is 12.1. The van der Waals surface area contributed by atoms with E-state index in [0.717, 1.165) is 26.4 Å². The molecule has 5 nitrogen and oxygen atoms in total. The molecule has 0 aliphatic heterocycles. The minimum Gasteiger partial charge on any atom is -0.481 e. The molecule has 0 radical (unpaired) electrons. The fraction of sp³-hybridized carbons (Fsp3) is 0.211. The highest BCUT2D eigenvalue weighted by molar-refractivity contribution is 7.18. The molecule has 0 aliphatic rings. The van der Waals surface area contributed by atoms with Gasteiger partial charge in [0.2, 0.25) is 5.91 Å². The number of thiazole rings is 1. The van der Waals surface area contributed by atoms with Crippen LogP contribution < -0.4 is 5.32 Å². The molecule has 1 amide bonds. The van der Waals surface area contributed by atoms with Crippen molar-refractivity contribution in [3.05, 3.63) is 53.5 Å². The fourth-order valence-electron chi connectivity index (χ4n) is 2.53. The van der Waals surface area contributed by atoms with Gasteiger partial charge in [0.05, 0.1) is 16.6 Å². The first kappa shape index (κ1) is 17.1. The minimum absolute atomic E-state index is 0.0592. The second-order valence-electron chi connectivity index (χ2n) is 5.68. The van der Waals surface area contributed by atoms with Crippen LogP contribution in [0.2, 0.25) is 0 Å². The molecule has 1 aromatic heterocycles. The third-order valence-corrected chi connectivity index (χ3v) is 4.76. The SMILES string of the molecule is O=C(O)CCCNC(=O)Cc1nc2ccc(-c3ccccc3)cc2s1. The largest absolute Gasteiger partial charge is 0.481 e. The molecule has 3 aromatic rings. The molecule has 0 saturated heterocycles. The molecule has 0 bridgehead atoms. The molecule has 6 heteroatoms. The van der Waals surface area contributed by atoms with E-state index in [1.165, 1.54) is 11.3 Å². The van der Waals surface area contributed by atoms with Crippen LogP contribution in [0.3, 0.4) is 0 Å². The van der Waals surface area contributed by atoms with Crippen LogP contribution in [-0.4, -0.2) is 28.5 Å². The standard InChI is InChI=1S/C19H18N2O3S/c22-17(20-10-4-7-19(23)24)12-18-21-15-9-8-14(11-16(15)25-18)13-5-2-1-3-6-13/h1-3,5-6,8-9,11H,4,7,10,12H2,(H,20,22)(H,23,24). The zero-order chi connectivity index (χ0) is 17.6. The number of hydrogen-bond acceptors (Lipinski definition) is 4. The third kappa shape index (κ3) is 4.64. The Bertz CT molecular complexity index is 890. The van der Waals surface area contributed by atoms with E-state index in [2.05, 4.69) is 28.5 Å². The Morgan fingerprint density at radius 2 is 1.88 bits per heavy atom. The molecule has 2 N–H and O–H groups in total. The van der Waals surface area contributed by atoms with Crippen LogP contribution in [0.4, 0.5) is 0 Å². The number of carboxylic acids is 1. The van der Waals surface area contributed by atoms with Gasteiger partial charge in [-0.05, 0) is 29.7 Å². The number of carbonyl (C=O) groups is 2. The van der Waals surface area contributed by atoms with Crippen LogP contribution in [0, 0.1) is 0 Å². The number of fused-ring (bicyclic) bond motifs is 1. The number of carboxylic acid groups (broad SMARTS) is 1. The van der Waals surface area contributed by atoms with E-state index in [4.69, 9.17) is 5.11 Å². The van der Waals surface area contributed by atoms with Crippen molar-refractivity contribution in [3.8, 4) is 11.1 Å². The van der Waals surface area contributed by atoms with Gasteiger partial charge in [-0.1, -0.05) is 36.4 Å². The Hall–Kier alpha value is -2.73. The molecule has 0 spiro atoms. The van der Waals surface area contributed by atoms with Crippen molar-refractivity contribution in [2.75, 3.05) is 6.54 Å². The molecule has 0 fully saturated rings. The summed E-state index contributed by atoms with van der Waals surface area (Å²) in [6, 6.07) is 16.2. The Morgan fingerprint density at radius 1 is 1.08 bits per heavy atom. The van der Waals surface area contributed by atoms with Gasteiger partial charge in [-0.15, -0.1) is 11.3 Å². The first-order chi connectivity index (χ1) is 12.1. The summed E-state index contributed by atoms with van der Waals surface area (Å²) in [5.74, 6) is -0.984. The molecule has 0 aliphatic carbocycles. The van der Waals surface area contributed by atoms with Crippen molar-refractivity contribution in [3.63, 3.8) is 0 Å². The highest BCUT2D eigenvalue weighted by atomic mass is 32.1. The van der Waals surface area contributed by atoms with Gasteiger partial charge < -0.3 is 10.4 Å². The summed E-state index contributed by atoms with van der Waals surface area (Å²) >= 11 is 1.51. The van der Waals surface area contributed by atoms with E-state index >= 15 is 0 Å². The molecule has 0 unspecified atom stereocenters. The van der Waals surface area contributed by atoms with Crippen molar-refractivity contribution in [2.24, 2.45) is 0 Å². The second kappa shape index (κ2) is 7.90. The summed E-state index contributed by atoms with van der Waals surface area (Å²) in [6.45, 7) is 0.369. The number of aromatic nitrogens is 1. The summed E-state index contributed by atoms with van der Waals surface area (Å²) in [7, 11) is 0. The Labute approximate surface area is 149 Å². The van der Waals surface area contributed by atoms with Crippen molar-refractivity contribution in [2.45, 2.75) is 19.3 Å². The molecule has 0 saturated carbocycles. The number of aliphatic carboxylic acids is 1. The monoisotopic (exact) mass is 354 g/mol. The maximum absolute atomic E-state index is 11.9. The highest BCUT2D eigenvalue weighted by Gasteiger charge is 2.10. The maximum Gasteiger partial charge on any atom is 0.303 e. The smallest absolute Gasteiger partial charge is 0.303 e. The Kier molecular flexibility index (Phi) is 5.40. The predicted octanol–water partition coefficient (Wildman–Crippen LogP) is 3.49. The number of carbonyl (C=O) groups excluding carboxylic acids is 1. The average molecular weight is 354 g/mol. The van der Waals surface area contributed by atoms with Gasteiger partial charge in [0.15, 0.2) is 0 Å². The number of nitrogens with zero attached hydrogens (tertiary/aromatic N) is 1. The minimum atomic E-state index is -0.852. The fourth-order valence-corrected chi connectivity index (χ4v) is 3.53. The number of amides is 1. The molecule has 1 heterocycles. The summed E-state index contributed by atoms with van der Waals surface area (Å²) in [6.07, 6.45) is 0.706. The van der Waals surface area contributed by atoms with Gasteiger partial charge in [0.25, 0.3) is 0 Å². The molecule has 128 valence electrons. The van der Waals surface area contributed by atoms with Gasteiger partial charge in [0.1, 0.15) is 5.01 Å². The van der Waals surface area contributed by atoms with Crippen molar-refractivity contribution in [1.82, 2.24) is 10.3 Å². The molecule has 3 rings (SSSR count). The average Bonchev–Trinajstić information content (AvgIpc) is 3.00. The summed E-state index contributed by atoms with van der Waals surface area (Å²) < 4.78 is 1.05. The molecular weight excluding hydrogens is 336 g/mol. The highest BCUT2D eigenvalue weighted by Crippen LogP contribution is 2.28. The van der Waals surface area contributed by atoms with Crippen molar-refractivity contribution in [1.29, 1.82) is 0 Å². The van der Waals surface area contributed by atoms with E-state index in [0.29, 0.717) is 13.0 Å². The number of hydrogen-bond donors (Lipinski definition) is 2. The normalized spacial score (nSPS) is 10.7. The van der Waals surface area contributed by atoms with Crippen molar-refractivity contribution < 1.29 is 14.7 Å². The summed E-state index contributed by atoms with van der Waals surface area (Å²) in [4.78, 5) is 26.9. The third-order valence-electron chi connectivity index (χ3n) is 3.74. The second-order valence-corrected chi connectivity index (χ2v) is 6.80. The van der Waals surface area contributed by atoms with E-state index in [1.807, 2.05) is 30.3 Å². The van der Waals surface area contributed by atoms with E-state index in [9.17, 15) is 9.59 Å². The lowest BCUT2D eigenvalue weighted by Gasteiger charge is -2.01. The van der Waals surface area contributed by atoms with Crippen LogP contribution in [0.5, 0.6) is 0 Å². The van der Waals surface area contributed by atoms with E-state index in [-0.39, 0.29) is 18.7 Å². The van der Waals surface area contributed by atoms with Gasteiger partial charge in [0, 0.05) is 13.0 Å².